The third-order valence-electron chi connectivity index (χ3n) is 3.09. The third kappa shape index (κ3) is 3.93. The molecule has 7 heteroatoms. The molecule has 6 nitrogen and oxygen atoms in total. The summed E-state index contributed by atoms with van der Waals surface area (Å²) in [5, 5.41) is 0.916. The molecule has 0 aliphatic carbocycles. The zero-order chi connectivity index (χ0) is 14.5. The van der Waals surface area contributed by atoms with Gasteiger partial charge in [-0.25, -0.2) is 4.98 Å². The number of hydrogen-bond acceptors (Lipinski definition) is 7. The predicted octanol–water partition coefficient (Wildman–Crippen LogP) is 1.39. The van der Waals surface area contributed by atoms with Crippen molar-refractivity contribution in [3.63, 3.8) is 0 Å². The lowest BCUT2D eigenvalue weighted by Crippen LogP contribution is -2.23. The number of rotatable bonds is 5. The molecule has 0 aromatic carbocycles. The number of aryl methyl sites for hydroxylation is 1. The summed E-state index contributed by atoms with van der Waals surface area (Å²) >= 11 is 1.57. The van der Waals surface area contributed by atoms with Crippen molar-refractivity contribution >= 4 is 28.4 Å². The van der Waals surface area contributed by atoms with Gasteiger partial charge >= 0.3 is 11.9 Å². The molecule has 1 aromatic rings. The van der Waals surface area contributed by atoms with Crippen LogP contribution in [-0.2, 0) is 25.5 Å². The summed E-state index contributed by atoms with van der Waals surface area (Å²) in [5.74, 6) is -0.453. The average Bonchev–Trinajstić information content (AvgIpc) is 3.03. The molecule has 0 amide bonds. The Hall–Kier alpha value is -1.63. The summed E-state index contributed by atoms with van der Waals surface area (Å²) in [5.41, 5.74) is 0. The number of carbonyl (C=O) groups is 2. The number of nitrogens with zero attached hydrogens (tertiary/aromatic N) is 2. The Morgan fingerprint density at radius 1 is 1.55 bits per heavy atom. The number of hydrogen-bond donors (Lipinski definition) is 0. The summed E-state index contributed by atoms with van der Waals surface area (Å²) in [4.78, 5) is 29.6. The summed E-state index contributed by atoms with van der Waals surface area (Å²) in [7, 11) is 1.39. The van der Waals surface area contributed by atoms with Crippen LogP contribution in [0.4, 0.5) is 5.13 Å². The largest absolute Gasteiger partial charge is 0.469 e. The first kappa shape index (κ1) is 14.8. The lowest BCUT2D eigenvalue weighted by molar-refractivity contribution is -0.145. The second-order valence-electron chi connectivity index (χ2n) is 4.65. The monoisotopic (exact) mass is 298 g/mol. The summed E-state index contributed by atoms with van der Waals surface area (Å²) in [6.45, 7) is 2.95. The maximum Gasteiger partial charge on any atom is 0.305 e. The van der Waals surface area contributed by atoms with Gasteiger partial charge < -0.3 is 14.4 Å². The molecule has 110 valence electrons. The molecule has 2 heterocycles. The fourth-order valence-corrected chi connectivity index (χ4v) is 3.06. The van der Waals surface area contributed by atoms with Crippen LogP contribution >= 0.6 is 11.3 Å². The molecule has 1 aromatic heterocycles. The Balaban J connectivity index is 1.86. The maximum absolute atomic E-state index is 11.1. The molecule has 0 bridgehead atoms. The van der Waals surface area contributed by atoms with E-state index in [-0.39, 0.29) is 18.0 Å². The number of aromatic nitrogens is 1. The van der Waals surface area contributed by atoms with Gasteiger partial charge in [0.15, 0.2) is 5.13 Å². The topological polar surface area (TPSA) is 68.7 Å². The lowest BCUT2D eigenvalue weighted by Gasteiger charge is -2.14. The van der Waals surface area contributed by atoms with Gasteiger partial charge in [-0.2, -0.15) is 0 Å². The highest BCUT2D eigenvalue weighted by atomic mass is 32.1. The zero-order valence-corrected chi connectivity index (χ0v) is 12.4. The van der Waals surface area contributed by atoms with E-state index in [1.54, 1.807) is 17.5 Å². The Bertz CT molecular complexity index is 488. The van der Waals surface area contributed by atoms with Crippen LogP contribution in [-0.4, -0.2) is 43.2 Å². The maximum atomic E-state index is 11.1. The van der Waals surface area contributed by atoms with Crippen molar-refractivity contribution in [2.45, 2.75) is 32.3 Å². The number of esters is 2. The number of carbonyl (C=O) groups excluding carboxylic acids is 2. The fraction of sp³-hybridized carbons (Fsp3) is 0.615. The molecular weight excluding hydrogens is 280 g/mol. The van der Waals surface area contributed by atoms with Crippen LogP contribution in [0.1, 0.15) is 24.6 Å². The Morgan fingerprint density at radius 3 is 3.05 bits per heavy atom. The molecule has 1 fully saturated rings. The Morgan fingerprint density at radius 2 is 2.35 bits per heavy atom. The zero-order valence-electron chi connectivity index (χ0n) is 11.6. The van der Waals surface area contributed by atoms with Crippen LogP contribution in [0.2, 0.25) is 0 Å². The van der Waals surface area contributed by atoms with Crippen LogP contribution in [0, 0.1) is 0 Å². The van der Waals surface area contributed by atoms with Crippen molar-refractivity contribution < 1.29 is 19.1 Å². The average molecular weight is 298 g/mol. The van der Waals surface area contributed by atoms with Crippen molar-refractivity contribution in [3.05, 3.63) is 11.1 Å². The molecule has 0 spiro atoms. The molecule has 1 atom stereocenters. The Kier molecular flexibility index (Phi) is 4.94. The van der Waals surface area contributed by atoms with Crippen LogP contribution < -0.4 is 4.90 Å². The van der Waals surface area contributed by atoms with E-state index in [4.69, 9.17) is 4.74 Å². The second-order valence-corrected chi connectivity index (χ2v) is 5.75. The molecule has 1 aliphatic heterocycles. The highest BCUT2D eigenvalue weighted by Gasteiger charge is 2.26. The number of anilines is 1. The third-order valence-corrected chi connectivity index (χ3v) is 4.21. The van der Waals surface area contributed by atoms with Gasteiger partial charge in [-0.05, 0) is 6.42 Å². The molecule has 0 radical (unpaired) electrons. The second kappa shape index (κ2) is 6.69. The molecule has 0 N–H and O–H groups in total. The van der Waals surface area contributed by atoms with E-state index >= 15 is 0 Å². The van der Waals surface area contributed by atoms with Gasteiger partial charge in [0.25, 0.3) is 0 Å². The molecule has 1 saturated heterocycles. The van der Waals surface area contributed by atoms with E-state index < -0.39 is 0 Å². The SMILES string of the molecule is COC(=O)CCc1cnc(N2CC[C@H](OC(C)=O)C2)s1. The van der Waals surface area contributed by atoms with E-state index in [0.717, 1.165) is 23.0 Å². The van der Waals surface area contributed by atoms with Gasteiger partial charge in [0.05, 0.1) is 20.1 Å². The van der Waals surface area contributed by atoms with E-state index in [2.05, 4.69) is 14.6 Å². The fourth-order valence-electron chi connectivity index (χ4n) is 2.12. The normalized spacial score (nSPS) is 18.1. The van der Waals surface area contributed by atoms with Crippen molar-refractivity contribution in [2.24, 2.45) is 0 Å². The highest BCUT2D eigenvalue weighted by molar-refractivity contribution is 7.15. The number of ether oxygens (including phenoxy) is 2. The first-order chi connectivity index (χ1) is 9.58. The number of methoxy groups -OCH3 is 1. The van der Waals surface area contributed by atoms with Crippen molar-refractivity contribution in [1.29, 1.82) is 0 Å². The van der Waals surface area contributed by atoms with E-state index in [1.165, 1.54) is 14.0 Å². The minimum absolute atomic E-state index is 0.0464. The standard InChI is InChI=1S/C13H18N2O4S/c1-9(16)19-10-5-6-15(8-10)13-14-7-11(20-13)3-4-12(17)18-2/h7,10H,3-6,8H2,1-2H3/t10-/m0/s1. The molecular formula is C13H18N2O4S. The van der Waals surface area contributed by atoms with E-state index in [9.17, 15) is 9.59 Å². The number of thiazole rings is 1. The lowest BCUT2D eigenvalue weighted by atomic mass is 10.3. The minimum Gasteiger partial charge on any atom is -0.469 e. The van der Waals surface area contributed by atoms with Crippen molar-refractivity contribution in [2.75, 3.05) is 25.1 Å². The van der Waals surface area contributed by atoms with Crippen LogP contribution in [0.25, 0.3) is 0 Å². The van der Waals surface area contributed by atoms with Gasteiger partial charge in [0, 0.05) is 31.0 Å². The van der Waals surface area contributed by atoms with Gasteiger partial charge in [-0.1, -0.05) is 0 Å². The first-order valence-electron chi connectivity index (χ1n) is 6.52. The van der Waals surface area contributed by atoms with Crippen LogP contribution in [0.5, 0.6) is 0 Å². The first-order valence-corrected chi connectivity index (χ1v) is 7.34. The molecule has 1 aliphatic rings. The van der Waals surface area contributed by atoms with Gasteiger partial charge in [0.2, 0.25) is 0 Å². The van der Waals surface area contributed by atoms with Crippen molar-refractivity contribution in [3.8, 4) is 0 Å². The van der Waals surface area contributed by atoms with E-state index in [0.29, 0.717) is 19.4 Å². The molecule has 20 heavy (non-hydrogen) atoms. The molecule has 0 saturated carbocycles. The molecule has 2 rings (SSSR count). The van der Waals surface area contributed by atoms with Crippen LogP contribution in [0.3, 0.4) is 0 Å². The van der Waals surface area contributed by atoms with Gasteiger partial charge in [-0.3, -0.25) is 9.59 Å². The smallest absolute Gasteiger partial charge is 0.305 e. The predicted molar refractivity (Wildman–Crippen MR) is 74.8 cm³/mol. The highest BCUT2D eigenvalue weighted by Crippen LogP contribution is 2.27. The van der Waals surface area contributed by atoms with E-state index in [1.807, 2.05) is 0 Å². The summed E-state index contributed by atoms with van der Waals surface area (Å²) in [6.07, 6.45) is 3.59. The minimum atomic E-state index is -0.241. The van der Waals surface area contributed by atoms with Gasteiger partial charge in [-0.15, -0.1) is 11.3 Å². The summed E-state index contributed by atoms with van der Waals surface area (Å²) in [6, 6.07) is 0. The Labute approximate surface area is 121 Å². The van der Waals surface area contributed by atoms with Crippen molar-refractivity contribution in [1.82, 2.24) is 4.98 Å². The quantitative estimate of drug-likeness (QED) is 0.765. The van der Waals surface area contributed by atoms with Gasteiger partial charge in [0.1, 0.15) is 6.10 Å². The summed E-state index contributed by atoms with van der Waals surface area (Å²) < 4.78 is 9.81. The molecule has 0 unspecified atom stereocenters. The van der Waals surface area contributed by atoms with Crippen LogP contribution in [0.15, 0.2) is 6.20 Å².